The molecule has 2 aliphatic heterocycles. The molecule has 32 heavy (non-hydrogen) atoms. The number of benzene rings is 2. The first kappa shape index (κ1) is 20.7. The molecular weight excluding hydrogens is 404 g/mol. The molecule has 3 aliphatic rings. The van der Waals surface area contributed by atoms with Gasteiger partial charge in [-0.2, -0.15) is 0 Å². The van der Waals surface area contributed by atoms with Crippen LogP contribution >= 0.6 is 0 Å². The molecule has 0 spiro atoms. The molecule has 5 rings (SSSR count). The van der Waals surface area contributed by atoms with E-state index < -0.39 is 0 Å². The Morgan fingerprint density at radius 1 is 0.969 bits per heavy atom. The molecule has 6 heteroatoms. The lowest BCUT2D eigenvalue weighted by atomic mass is 9.78. The SMILES string of the molecule is COc1ccc(CN2C(=O)c3ccccc3C2=O)cc1C(=O)N1CCCC2CCCCC21. The number of carbonyl (C=O) groups excluding carboxylic acids is 3. The van der Waals surface area contributed by atoms with Gasteiger partial charge < -0.3 is 9.64 Å². The van der Waals surface area contributed by atoms with Crippen LogP contribution < -0.4 is 4.74 Å². The van der Waals surface area contributed by atoms with Crippen molar-refractivity contribution in [3.05, 3.63) is 64.7 Å². The molecular formula is C26H28N2O4. The fourth-order valence-corrected chi connectivity index (χ4v) is 5.62. The van der Waals surface area contributed by atoms with E-state index in [0.29, 0.717) is 34.4 Å². The van der Waals surface area contributed by atoms with Crippen LogP contribution in [0.15, 0.2) is 42.5 Å². The molecule has 1 aliphatic carbocycles. The summed E-state index contributed by atoms with van der Waals surface area (Å²) in [5.41, 5.74) is 2.10. The van der Waals surface area contributed by atoms with Gasteiger partial charge in [-0.1, -0.05) is 31.0 Å². The van der Waals surface area contributed by atoms with Gasteiger partial charge in [-0.25, -0.2) is 0 Å². The summed E-state index contributed by atoms with van der Waals surface area (Å²) in [6.45, 7) is 0.897. The highest BCUT2D eigenvalue weighted by Crippen LogP contribution is 2.37. The first-order valence-corrected chi connectivity index (χ1v) is 11.5. The summed E-state index contributed by atoms with van der Waals surface area (Å²) in [5, 5.41) is 0. The normalized spacial score (nSPS) is 22.5. The molecule has 0 aromatic heterocycles. The second kappa shape index (κ2) is 8.41. The van der Waals surface area contributed by atoms with Gasteiger partial charge in [0.05, 0.1) is 30.3 Å². The first-order valence-electron chi connectivity index (χ1n) is 11.5. The number of likely N-dealkylation sites (tertiary alicyclic amines) is 1. The number of methoxy groups -OCH3 is 1. The topological polar surface area (TPSA) is 66.9 Å². The predicted octanol–water partition coefficient (Wildman–Crippen LogP) is 4.29. The number of rotatable bonds is 4. The third kappa shape index (κ3) is 3.48. The lowest BCUT2D eigenvalue weighted by molar-refractivity contribution is 0.0387. The molecule has 0 radical (unpaired) electrons. The molecule has 6 nitrogen and oxygen atoms in total. The number of piperidine rings is 1. The van der Waals surface area contributed by atoms with E-state index in [1.807, 2.05) is 11.0 Å². The number of ether oxygens (including phenoxy) is 1. The number of amides is 3. The molecule has 3 amide bonds. The maximum atomic E-state index is 13.6. The van der Waals surface area contributed by atoms with Crippen LogP contribution in [-0.2, 0) is 6.54 Å². The summed E-state index contributed by atoms with van der Waals surface area (Å²) < 4.78 is 5.52. The number of imide groups is 1. The van der Waals surface area contributed by atoms with Crippen LogP contribution in [0.2, 0.25) is 0 Å². The highest BCUT2D eigenvalue weighted by molar-refractivity contribution is 6.21. The summed E-state index contributed by atoms with van der Waals surface area (Å²) in [5.74, 6) is 0.515. The number of hydrogen-bond acceptors (Lipinski definition) is 4. The molecule has 2 fully saturated rings. The highest BCUT2D eigenvalue weighted by Gasteiger charge is 2.38. The molecule has 1 saturated heterocycles. The molecule has 2 unspecified atom stereocenters. The van der Waals surface area contributed by atoms with Gasteiger partial charge in [0.1, 0.15) is 5.75 Å². The Bertz CT molecular complexity index is 1040. The zero-order valence-electron chi connectivity index (χ0n) is 18.4. The number of carbonyl (C=O) groups is 3. The summed E-state index contributed by atoms with van der Waals surface area (Å²) in [6.07, 6.45) is 6.91. The Hall–Kier alpha value is -3.15. The van der Waals surface area contributed by atoms with Gasteiger partial charge in [-0.3, -0.25) is 19.3 Å². The molecule has 2 heterocycles. The largest absolute Gasteiger partial charge is 0.496 e. The Labute approximate surface area is 188 Å². The Kier molecular flexibility index (Phi) is 5.45. The van der Waals surface area contributed by atoms with Crippen molar-refractivity contribution in [1.29, 1.82) is 0 Å². The zero-order valence-corrected chi connectivity index (χ0v) is 18.4. The second-order valence-electron chi connectivity index (χ2n) is 9.03. The Morgan fingerprint density at radius 3 is 2.38 bits per heavy atom. The summed E-state index contributed by atoms with van der Waals surface area (Å²) in [7, 11) is 1.57. The maximum absolute atomic E-state index is 13.6. The van der Waals surface area contributed by atoms with Gasteiger partial charge in [-0.15, -0.1) is 0 Å². The van der Waals surface area contributed by atoms with Crippen LogP contribution in [0.1, 0.15) is 75.2 Å². The van der Waals surface area contributed by atoms with E-state index in [0.717, 1.165) is 24.9 Å². The smallest absolute Gasteiger partial charge is 0.261 e. The third-order valence-corrected chi connectivity index (χ3v) is 7.22. The standard InChI is InChI=1S/C26H28N2O4/c1-32-23-13-12-17(16-28-24(29)19-9-3-4-10-20(19)25(28)30)15-21(23)26(31)27-14-6-8-18-7-2-5-11-22(18)27/h3-4,9-10,12-13,15,18,22H,2,5-8,11,14,16H2,1H3. The number of hydrogen-bond donors (Lipinski definition) is 0. The van der Waals surface area contributed by atoms with Gasteiger partial charge in [0, 0.05) is 12.6 Å². The fraction of sp³-hybridized carbons (Fsp3) is 0.423. The molecule has 2 aromatic rings. The lowest BCUT2D eigenvalue weighted by Gasteiger charge is -2.44. The van der Waals surface area contributed by atoms with Crippen molar-refractivity contribution in [2.45, 2.75) is 51.1 Å². The van der Waals surface area contributed by atoms with E-state index in [4.69, 9.17) is 4.74 Å². The van der Waals surface area contributed by atoms with Crippen molar-refractivity contribution in [2.75, 3.05) is 13.7 Å². The van der Waals surface area contributed by atoms with Gasteiger partial charge in [0.15, 0.2) is 0 Å². The summed E-state index contributed by atoms with van der Waals surface area (Å²) in [6, 6.07) is 12.5. The quantitative estimate of drug-likeness (QED) is 0.676. The molecule has 2 atom stereocenters. The van der Waals surface area contributed by atoms with Crippen molar-refractivity contribution in [3.63, 3.8) is 0 Å². The zero-order chi connectivity index (χ0) is 22.2. The van der Waals surface area contributed by atoms with Crippen molar-refractivity contribution < 1.29 is 19.1 Å². The van der Waals surface area contributed by atoms with E-state index in [-0.39, 0.29) is 24.3 Å². The van der Waals surface area contributed by atoms with E-state index in [9.17, 15) is 14.4 Å². The highest BCUT2D eigenvalue weighted by atomic mass is 16.5. The molecule has 0 bridgehead atoms. The maximum Gasteiger partial charge on any atom is 0.261 e. The van der Waals surface area contributed by atoms with E-state index in [1.54, 1.807) is 43.5 Å². The van der Waals surface area contributed by atoms with Crippen LogP contribution in [0.4, 0.5) is 0 Å². The predicted molar refractivity (Wildman–Crippen MR) is 120 cm³/mol. The van der Waals surface area contributed by atoms with E-state index in [1.165, 1.54) is 30.6 Å². The Morgan fingerprint density at radius 2 is 1.66 bits per heavy atom. The van der Waals surface area contributed by atoms with Crippen molar-refractivity contribution in [1.82, 2.24) is 9.80 Å². The minimum Gasteiger partial charge on any atom is -0.496 e. The average molecular weight is 433 g/mol. The number of fused-ring (bicyclic) bond motifs is 2. The van der Waals surface area contributed by atoms with E-state index >= 15 is 0 Å². The minimum atomic E-state index is -0.296. The van der Waals surface area contributed by atoms with Crippen LogP contribution in [-0.4, -0.2) is 47.2 Å². The summed E-state index contributed by atoms with van der Waals surface area (Å²) in [4.78, 5) is 42.4. The van der Waals surface area contributed by atoms with Crippen LogP contribution in [0.5, 0.6) is 5.75 Å². The molecule has 0 N–H and O–H groups in total. The third-order valence-electron chi connectivity index (χ3n) is 7.22. The van der Waals surface area contributed by atoms with Crippen molar-refractivity contribution in [3.8, 4) is 5.75 Å². The fourth-order valence-electron chi connectivity index (χ4n) is 5.62. The van der Waals surface area contributed by atoms with E-state index in [2.05, 4.69) is 0 Å². The van der Waals surface area contributed by atoms with Gasteiger partial charge in [0.2, 0.25) is 0 Å². The monoisotopic (exact) mass is 432 g/mol. The molecule has 166 valence electrons. The van der Waals surface area contributed by atoms with Crippen LogP contribution in [0.25, 0.3) is 0 Å². The van der Waals surface area contributed by atoms with Crippen LogP contribution in [0, 0.1) is 5.92 Å². The van der Waals surface area contributed by atoms with Crippen molar-refractivity contribution >= 4 is 17.7 Å². The summed E-state index contributed by atoms with van der Waals surface area (Å²) >= 11 is 0. The number of nitrogens with zero attached hydrogens (tertiary/aromatic N) is 2. The van der Waals surface area contributed by atoms with Gasteiger partial charge >= 0.3 is 0 Å². The minimum absolute atomic E-state index is 0.0114. The van der Waals surface area contributed by atoms with Gasteiger partial charge in [0.25, 0.3) is 17.7 Å². The molecule has 1 saturated carbocycles. The Balaban J connectivity index is 1.41. The first-order chi connectivity index (χ1) is 15.6. The van der Waals surface area contributed by atoms with Gasteiger partial charge in [-0.05, 0) is 61.4 Å². The average Bonchev–Trinajstić information content (AvgIpc) is 3.08. The molecule has 2 aromatic carbocycles. The lowest BCUT2D eigenvalue weighted by Crippen LogP contribution is -2.49. The van der Waals surface area contributed by atoms with Crippen LogP contribution in [0.3, 0.4) is 0 Å². The second-order valence-corrected chi connectivity index (χ2v) is 9.03. The van der Waals surface area contributed by atoms with Crippen molar-refractivity contribution in [2.24, 2.45) is 5.92 Å².